The molecule has 7 nitrogen and oxygen atoms in total. The first kappa shape index (κ1) is 18.6. The van der Waals surface area contributed by atoms with Gasteiger partial charge in [-0.1, -0.05) is 30.9 Å². The van der Waals surface area contributed by atoms with E-state index in [9.17, 15) is 14.3 Å². The maximum Gasteiger partial charge on any atom is 0.305 e. The summed E-state index contributed by atoms with van der Waals surface area (Å²) in [4.78, 5) is 27.1. The van der Waals surface area contributed by atoms with Gasteiger partial charge in [0.15, 0.2) is 17.5 Å². The third kappa shape index (κ3) is 3.64. The minimum absolute atomic E-state index is 0.0116. The van der Waals surface area contributed by atoms with Crippen LogP contribution in [0.3, 0.4) is 0 Å². The first-order chi connectivity index (χ1) is 13.5. The highest BCUT2D eigenvalue weighted by Gasteiger charge is 2.35. The van der Waals surface area contributed by atoms with Crippen molar-refractivity contribution in [3.05, 3.63) is 35.5 Å². The van der Waals surface area contributed by atoms with Crippen LogP contribution in [0.15, 0.2) is 24.7 Å². The number of H-pyrrole nitrogens is 1. The number of nitrogens with zero attached hydrogens (tertiary/aromatic N) is 3. The zero-order valence-electron chi connectivity index (χ0n) is 15.0. The normalized spacial score (nSPS) is 16.2. The summed E-state index contributed by atoms with van der Waals surface area (Å²) in [6.07, 6.45) is 8.38. The summed E-state index contributed by atoms with van der Waals surface area (Å²) in [5, 5.41) is 13.6. The molecule has 1 aliphatic rings. The van der Waals surface area contributed by atoms with E-state index in [0.717, 1.165) is 30.8 Å². The number of hydrogen-bond acceptors (Lipinski definition) is 5. The van der Waals surface area contributed by atoms with Gasteiger partial charge in [-0.15, -0.1) is 0 Å². The Kier molecular flexibility index (Phi) is 4.89. The number of halogens is 2. The third-order valence-electron chi connectivity index (χ3n) is 5.17. The summed E-state index contributed by atoms with van der Waals surface area (Å²) >= 11 is 6.04. The highest BCUT2D eigenvalue weighted by molar-refractivity contribution is 6.31. The Labute approximate surface area is 165 Å². The van der Waals surface area contributed by atoms with Crippen LogP contribution in [-0.2, 0) is 4.79 Å². The lowest BCUT2D eigenvalue weighted by atomic mass is 9.79. The SMILES string of the molecule is O=C(O)CC1(Nc2nc(-c3c[nH]c4ncc(Cl)cc34)ncc2F)CCCCC1. The van der Waals surface area contributed by atoms with E-state index in [-0.39, 0.29) is 12.2 Å². The maximum absolute atomic E-state index is 14.5. The van der Waals surface area contributed by atoms with E-state index in [1.807, 2.05) is 0 Å². The standard InChI is InChI=1S/C19H19ClFN5O2/c20-11-6-12-13(9-23-16(12)22-8-11)17-24-10-14(21)18(25-17)26-19(7-15(27)28)4-2-1-3-5-19/h6,8-10H,1-5,7H2,(H,22,23)(H,27,28)(H,24,25,26). The topological polar surface area (TPSA) is 104 Å². The largest absolute Gasteiger partial charge is 0.481 e. The lowest BCUT2D eigenvalue weighted by Gasteiger charge is -2.37. The fourth-order valence-electron chi connectivity index (χ4n) is 3.86. The quantitative estimate of drug-likeness (QED) is 0.583. The number of aromatic amines is 1. The highest BCUT2D eigenvalue weighted by Crippen LogP contribution is 2.35. The van der Waals surface area contributed by atoms with Gasteiger partial charge >= 0.3 is 5.97 Å². The van der Waals surface area contributed by atoms with Gasteiger partial charge in [0.25, 0.3) is 0 Å². The zero-order chi connectivity index (χ0) is 19.7. The average Bonchev–Trinajstić information content (AvgIpc) is 3.06. The van der Waals surface area contributed by atoms with Gasteiger partial charge in [0.1, 0.15) is 5.65 Å². The summed E-state index contributed by atoms with van der Waals surface area (Å²) < 4.78 is 14.5. The number of aliphatic carboxylic acids is 1. The van der Waals surface area contributed by atoms with Crippen molar-refractivity contribution in [2.45, 2.75) is 44.1 Å². The highest BCUT2D eigenvalue weighted by atomic mass is 35.5. The van der Waals surface area contributed by atoms with E-state index >= 15 is 0 Å². The van der Waals surface area contributed by atoms with Crippen LogP contribution in [0.1, 0.15) is 38.5 Å². The summed E-state index contributed by atoms with van der Waals surface area (Å²) in [5.74, 6) is -1.21. The van der Waals surface area contributed by atoms with Crippen LogP contribution in [0.2, 0.25) is 5.02 Å². The molecule has 3 aromatic rings. The molecule has 0 unspecified atom stereocenters. The predicted octanol–water partition coefficient (Wildman–Crippen LogP) is 4.40. The monoisotopic (exact) mass is 403 g/mol. The van der Waals surface area contributed by atoms with Crippen LogP contribution in [0, 0.1) is 5.82 Å². The molecule has 4 rings (SSSR count). The molecule has 1 saturated carbocycles. The van der Waals surface area contributed by atoms with Crippen LogP contribution < -0.4 is 5.32 Å². The number of carboxylic acid groups (broad SMARTS) is 1. The Morgan fingerprint density at radius 1 is 1.29 bits per heavy atom. The molecule has 9 heteroatoms. The Hall–Kier alpha value is -2.74. The summed E-state index contributed by atoms with van der Waals surface area (Å²) in [7, 11) is 0. The van der Waals surface area contributed by atoms with Gasteiger partial charge < -0.3 is 15.4 Å². The van der Waals surface area contributed by atoms with Crippen molar-refractivity contribution in [1.29, 1.82) is 0 Å². The fourth-order valence-corrected chi connectivity index (χ4v) is 4.02. The number of aromatic nitrogens is 4. The summed E-state index contributed by atoms with van der Waals surface area (Å²) in [6, 6.07) is 1.74. The Balaban J connectivity index is 1.72. The number of hydrogen-bond donors (Lipinski definition) is 3. The molecule has 3 N–H and O–H groups in total. The van der Waals surface area contributed by atoms with Gasteiger partial charge in [-0.3, -0.25) is 4.79 Å². The van der Waals surface area contributed by atoms with E-state index in [4.69, 9.17) is 11.6 Å². The van der Waals surface area contributed by atoms with Crippen LogP contribution in [-0.4, -0.2) is 36.6 Å². The second-order valence-corrected chi connectivity index (χ2v) is 7.62. The van der Waals surface area contributed by atoms with Crippen LogP contribution in [0.5, 0.6) is 0 Å². The van der Waals surface area contributed by atoms with Crippen LogP contribution >= 0.6 is 11.6 Å². The Morgan fingerprint density at radius 3 is 2.82 bits per heavy atom. The van der Waals surface area contributed by atoms with Crippen molar-refractivity contribution < 1.29 is 14.3 Å². The van der Waals surface area contributed by atoms with E-state index in [0.29, 0.717) is 34.9 Å². The van der Waals surface area contributed by atoms with Gasteiger partial charge in [-0.25, -0.2) is 19.3 Å². The van der Waals surface area contributed by atoms with E-state index in [1.165, 1.54) is 6.20 Å². The van der Waals surface area contributed by atoms with Crippen molar-refractivity contribution >= 4 is 34.4 Å². The maximum atomic E-state index is 14.5. The van der Waals surface area contributed by atoms with Crippen molar-refractivity contribution in [1.82, 2.24) is 19.9 Å². The summed E-state index contributed by atoms with van der Waals surface area (Å²) in [5.41, 5.74) is 0.558. The molecule has 1 aliphatic carbocycles. The minimum Gasteiger partial charge on any atom is -0.481 e. The molecule has 3 heterocycles. The second-order valence-electron chi connectivity index (χ2n) is 7.18. The molecular formula is C19H19ClFN5O2. The molecule has 1 fully saturated rings. The van der Waals surface area contributed by atoms with E-state index in [1.54, 1.807) is 12.3 Å². The molecule has 0 aromatic carbocycles. The third-order valence-corrected chi connectivity index (χ3v) is 5.37. The molecule has 0 spiro atoms. The number of carboxylic acids is 1. The lowest BCUT2D eigenvalue weighted by molar-refractivity contribution is -0.138. The predicted molar refractivity (Wildman–Crippen MR) is 104 cm³/mol. The molecule has 0 saturated heterocycles. The van der Waals surface area contributed by atoms with Crippen molar-refractivity contribution in [2.24, 2.45) is 0 Å². The molecule has 28 heavy (non-hydrogen) atoms. The zero-order valence-corrected chi connectivity index (χ0v) is 15.8. The molecular weight excluding hydrogens is 385 g/mol. The van der Waals surface area contributed by atoms with Crippen LogP contribution in [0.4, 0.5) is 10.2 Å². The van der Waals surface area contributed by atoms with Crippen molar-refractivity contribution in [2.75, 3.05) is 5.32 Å². The molecule has 146 valence electrons. The van der Waals surface area contributed by atoms with Gasteiger partial charge in [0.2, 0.25) is 0 Å². The lowest BCUT2D eigenvalue weighted by Crippen LogP contribution is -2.43. The summed E-state index contributed by atoms with van der Waals surface area (Å²) in [6.45, 7) is 0. The Bertz CT molecular complexity index is 1030. The first-order valence-corrected chi connectivity index (χ1v) is 9.49. The molecule has 0 amide bonds. The van der Waals surface area contributed by atoms with Gasteiger partial charge in [-0.05, 0) is 18.9 Å². The minimum atomic E-state index is -0.915. The molecule has 0 aliphatic heterocycles. The van der Waals surface area contributed by atoms with E-state index < -0.39 is 17.3 Å². The molecule has 0 atom stereocenters. The second kappa shape index (κ2) is 7.35. The number of fused-ring (bicyclic) bond motifs is 1. The van der Waals surface area contributed by atoms with Gasteiger partial charge in [-0.2, -0.15) is 0 Å². The number of pyridine rings is 1. The number of rotatable bonds is 5. The molecule has 3 aromatic heterocycles. The number of nitrogens with one attached hydrogen (secondary N) is 2. The first-order valence-electron chi connectivity index (χ1n) is 9.11. The van der Waals surface area contributed by atoms with Gasteiger partial charge in [0, 0.05) is 28.9 Å². The average molecular weight is 404 g/mol. The number of anilines is 1. The molecule has 0 radical (unpaired) electrons. The van der Waals surface area contributed by atoms with E-state index in [2.05, 4.69) is 25.3 Å². The smallest absolute Gasteiger partial charge is 0.305 e. The van der Waals surface area contributed by atoms with Crippen LogP contribution in [0.25, 0.3) is 22.4 Å². The molecule has 0 bridgehead atoms. The van der Waals surface area contributed by atoms with Gasteiger partial charge in [0.05, 0.1) is 17.6 Å². The number of carbonyl (C=O) groups is 1. The fraction of sp³-hybridized carbons (Fsp3) is 0.368. The van der Waals surface area contributed by atoms with Crippen molar-refractivity contribution in [3.63, 3.8) is 0 Å². The Morgan fingerprint density at radius 2 is 2.07 bits per heavy atom. The van der Waals surface area contributed by atoms with Crippen molar-refractivity contribution in [3.8, 4) is 11.4 Å².